The highest BCUT2D eigenvalue weighted by Crippen LogP contribution is 2.55. The Morgan fingerprint density at radius 1 is 1.26 bits per heavy atom. The Bertz CT molecular complexity index is 609. The van der Waals surface area contributed by atoms with Crippen LogP contribution in [0.2, 0.25) is 0 Å². The van der Waals surface area contributed by atoms with Crippen molar-refractivity contribution in [2.75, 3.05) is 19.7 Å². The molecule has 2 heterocycles. The molecule has 1 saturated heterocycles. The van der Waals surface area contributed by atoms with E-state index in [1.54, 1.807) is 20.8 Å². The summed E-state index contributed by atoms with van der Waals surface area (Å²) in [4.78, 5) is 34.2. The Kier molecular flexibility index (Phi) is 5.65. The van der Waals surface area contributed by atoms with E-state index in [-0.39, 0.29) is 19.7 Å². The maximum Gasteiger partial charge on any atom is 0.410 e. The van der Waals surface area contributed by atoms with E-state index in [9.17, 15) is 22.8 Å². The van der Waals surface area contributed by atoms with Crippen LogP contribution in [0.4, 0.5) is 18.0 Å². The average molecular weight is 395 g/mol. The molecule has 1 fully saturated rings. The van der Waals surface area contributed by atoms with E-state index in [0.29, 0.717) is 0 Å². The number of rotatable bonds is 3. The molecular formula is C16H24F3N3O5. The van der Waals surface area contributed by atoms with Gasteiger partial charge in [-0.15, -0.1) is 5.48 Å². The quantitative estimate of drug-likeness (QED) is 0.738. The number of nitrogens with zero attached hydrogens (tertiary/aromatic N) is 2. The Labute approximate surface area is 155 Å². The van der Waals surface area contributed by atoms with Crippen LogP contribution in [0.1, 0.15) is 40.5 Å². The van der Waals surface area contributed by atoms with E-state index in [0.717, 1.165) is 6.40 Å². The molecule has 0 bridgehead atoms. The van der Waals surface area contributed by atoms with Crippen molar-refractivity contribution in [1.29, 1.82) is 0 Å². The predicted molar refractivity (Wildman–Crippen MR) is 87.6 cm³/mol. The highest BCUT2D eigenvalue weighted by Gasteiger charge is 2.73. The lowest BCUT2D eigenvalue weighted by atomic mass is 9.67. The number of carbonyl (C=O) groups excluding carboxylic acids is 2. The Hall–Kier alpha value is -2.04. The number of aliphatic imine (C=N–C) groups is 1. The maximum atomic E-state index is 14.2. The minimum absolute atomic E-state index is 0.115. The molecule has 1 atom stereocenters. The number of nitrogens with one attached hydrogen (secondary N) is 1. The van der Waals surface area contributed by atoms with Crippen molar-refractivity contribution in [3.63, 3.8) is 0 Å². The standard InChI is InChI=1S/C16H24F3N3O5/c1-5-25-11(23)15(20-10-26-21-15)14(16(17,18)19)6-8-22(9-7-14)12(24)27-13(2,3)4/h10,21H,5-9H2,1-4H3. The van der Waals surface area contributed by atoms with Crippen LogP contribution in [0.3, 0.4) is 0 Å². The number of likely N-dealkylation sites (tertiary alicyclic amines) is 1. The van der Waals surface area contributed by atoms with Gasteiger partial charge in [-0.05, 0) is 40.5 Å². The first-order valence-electron chi connectivity index (χ1n) is 8.57. The van der Waals surface area contributed by atoms with Gasteiger partial charge in [-0.3, -0.25) is 0 Å². The fraction of sp³-hybridized carbons (Fsp3) is 0.812. The molecule has 1 amide bonds. The smallest absolute Gasteiger partial charge is 0.410 e. The summed E-state index contributed by atoms with van der Waals surface area (Å²) in [5.74, 6) is -1.18. The van der Waals surface area contributed by atoms with E-state index in [1.165, 1.54) is 11.8 Å². The summed E-state index contributed by atoms with van der Waals surface area (Å²) in [6.07, 6.45) is -5.89. The van der Waals surface area contributed by atoms with Crippen LogP contribution in [0.15, 0.2) is 4.99 Å². The normalized spacial score (nSPS) is 25.1. The molecule has 0 radical (unpaired) electrons. The van der Waals surface area contributed by atoms with Crippen LogP contribution in [0.5, 0.6) is 0 Å². The Morgan fingerprint density at radius 2 is 1.85 bits per heavy atom. The molecular weight excluding hydrogens is 371 g/mol. The highest BCUT2D eigenvalue weighted by molar-refractivity contribution is 5.84. The van der Waals surface area contributed by atoms with Gasteiger partial charge in [0.1, 0.15) is 11.0 Å². The van der Waals surface area contributed by atoms with Gasteiger partial charge >= 0.3 is 18.2 Å². The molecule has 0 aliphatic carbocycles. The number of halogens is 3. The number of alkyl halides is 3. The van der Waals surface area contributed by atoms with Crippen molar-refractivity contribution in [3.8, 4) is 0 Å². The third kappa shape index (κ3) is 3.83. The minimum Gasteiger partial charge on any atom is -0.463 e. The zero-order valence-corrected chi connectivity index (χ0v) is 15.7. The minimum atomic E-state index is -4.81. The fourth-order valence-electron chi connectivity index (χ4n) is 3.24. The van der Waals surface area contributed by atoms with Gasteiger partial charge in [0.15, 0.2) is 6.40 Å². The summed E-state index contributed by atoms with van der Waals surface area (Å²) in [7, 11) is 0. The lowest BCUT2D eigenvalue weighted by Gasteiger charge is -2.48. The second-order valence-electron chi connectivity index (χ2n) is 7.43. The van der Waals surface area contributed by atoms with Gasteiger partial charge in [0.05, 0.1) is 6.61 Å². The van der Waals surface area contributed by atoms with Gasteiger partial charge in [-0.2, -0.15) is 13.2 Å². The summed E-state index contributed by atoms with van der Waals surface area (Å²) in [6, 6.07) is 0. The number of piperidine rings is 1. The van der Waals surface area contributed by atoms with Crippen molar-refractivity contribution in [2.24, 2.45) is 10.4 Å². The van der Waals surface area contributed by atoms with Crippen LogP contribution >= 0.6 is 0 Å². The molecule has 8 nitrogen and oxygen atoms in total. The summed E-state index contributed by atoms with van der Waals surface area (Å²) in [5, 5.41) is 0. The third-order valence-corrected chi connectivity index (χ3v) is 4.58. The summed E-state index contributed by atoms with van der Waals surface area (Å²) in [5.41, 5.74) is -3.72. The van der Waals surface area contributed by atoms with Crippen LogP contribution in [0, 0.1) is 5.41 Å². The van der Waals surface area contributed by atoms with Crippen LogP contribution in [0.25, 0.3) is 0 Å². The average Bonchev–Trinajstić information content (AvgIpc) is 3.03. The van der Waals surface area contributed by atoms with E-state index in [2.05, 4.69) is 10.5 Å². The molecule has 1 unspecified atom stereocenters. The van der Waals surface area contributed by atoms with E-state index < -0.39 is 47.8 Å². The van der Waals surface area contributed by atoms with Gasteiger partial charge in [0, 0.05) is 13.1 Å². The number of hydrogen-bond acceptors (Lipinski definition) is 7. The monoisotopic (exact) mass is 395 g/mol. The van der Waals surface area contributed by atoms with E-state index >= 15 is 0 Å². The maximum absolute atomic E-state index is 14.2. The Balaban J connectivity index is 2.31. The van der Waals surface area contributed by atoms with Gasteiger partial charge < -0.3 is 19.2 Å². The third-order valence-electron chi connectivity index (χ3n) is 4.58. The zero-order valence-electron chi connectivity index (χ0n) is 15.7. The number of esters is 1. The molecule has 2 aliphatic heterocycles. The number of hydroxylamine groups is 1. The summed E-state index contributed by atoms with van der Waals surface area (Å²) < 4.78 is 52.6. The molecule has 27 heavy (non-hydrogen) atoms. The molecule has 11 heteroatoms. The van der Waals surface area contributed by atoms with Crippen LogP contribution in [-0.4, -0.2) is 60.5 Å². The molecule has 2 aliphatic rings. The van der Waals surface area contributed by atoms with Crippen molar-refractivity contribution in [3.05, 3.63) is 0 Å². The number of amides is 1. The molecule has 0 aromatic heterocycles. The molecule has 0 saturated carbocycles. The summed E-state index contributed by atoms with van der Waals surface area (Å²) in [6.45, 7) is 5.85. The summed E-state index contributed by atoms with van der Waals surface area (Å²) >= 11 is 0. The largest absolute Gasteiger partial charge is 0.463 e. The number of carbonyl (C=O) groups is 2. The number of ether oxygens (including phenoxy) is 2. The Morgan fingerprint density at radius 3 is 2.26 bits per heavy atom. The zero-order chi connectivity index (χ0) is 20.5. The van der Waals surface area contributed by atoms with Gasteiger partial charge in [0.2, 0.25) is 0 Å². The topological polar surface area (TPSA) is 89.5 Å². The second-order valence-corrected chi connectivity index (χ2v) is 7.43. The molecule has 1 N–H and O–H groups in total. The van der Waals surface area contributed by atoms with E-state index in [4.69, 9.17) is 14.3 Å². The first kappa shape index (κ1) is 21.3. The molecule has 2 rings (SSSR count). The lowest BCUT2D eigenvalue weighted by Crippen LogP contribution is -2.68. The van der Waals surface area contributed by atoms with Crippen LogP contribution in [-0.2, 0) is 19.1 Å². The van der Waals surface area contributed by atoms with Gasteiger partial charge in [0.25, 0.3) is 5.66 Å². The number of hydrogen-bond donors (Lipinski definition) is 1. The van der Waals surface area contributed by atoms with Gasteiger partial charge in [-0.25, -0.2) is 14.6 Å². The molecule has 0 aromatic rings. The molecule has 0 spiro atoms. The van der Waals surface area contributed by atoms with Crippen LogP contribution < -0.4 is 5.48 Å². The van der Waals surface area contributed by atoms with Crippen molar-refractivity contribution < 1.29 is 37.1 Å². The van der Waals surface area contributed by atoms with Crippen molar-refractivity contribution in [2.45, 2.75) is 58.0 Å². The first-order chi connectivity index (χ1) is 12.4. The second kappa shape index (κ2) is 7.17. The predicted octanol–water partition coefficient (Wildman–Crippen LogP) is 2.39. The van der Waals surface area contributed by atoms with Crippen molar-refractivity contribution >= 4 is 18.5 Å². The molecule has 154 valence electrons. The first-order valence-corrected chi connectivity index (χ1v) is 8.57. The van der Waals surface area contributed by atoms with E-state index in [1.807, 2.05) is 0 Å². The fourth-order valence-corrected chi connectivity index (χ4v) is 3.24. The highest BCUT2D eigenvalue weighted by atomic mass is 19.4. The molecule has 0 aromatic carbocycles. The van der Waals surface area contributed by atoms with Gasteiger partial charge in [-0.1, -0.05) is 0 Å². The lowest BCUT2D eigenvalue weighted by molar-refractivity contribution is -0.271. The van der Waals surface area contributed by atoms with Crippen molar-refractivity contribution in [1.82, 2.24) is 10.4 Å². The SMILES string of the molecule is CCOC(=O)C1(C2(C(F)(F)F)CCN(C(=O)OC(C)(C)C)CC2)N=CON1.